The van der Waals surface area contributed by atoms with E-state index in [1.54, 1.807) is 30.6 Å². The summed E-state index contributed by atoms with van der Waals surface area (Å²) in [5.74, 6) is 0.896. The molecule has 5 rings (SSSR count). The number of sulfonamides is 1. The second kappa shape index (κ2) is 10.8. The minimum Gasteiger partial charge on any atom is -0.368 e. The quantitative estimate of drug-likeness (QED) is 0.301. The number of nitrogens with two attached hydrogens (primary N) is 1. The van der Waals surface area contributed by atoms with Gasteiger partial charge in [0.25, 0.3) is 0 Å². The number of alkyl halides is 1. The summed E-state index contributed by atoms with van der Waals surface area (Å²) in [5, 5.41) is 12.4. The van der Waals surface area contributed by atoms with Gasteiger partial charge in [0.05, 0.1) is 10.4 Å². The first-order valence-electron chi connectivity index (χ1n) is 12.1. The van der Waals surface area contributed by atoms with Crippen LogP contribution in [0.4, 0.5) is 21.8 Å². The monoisotopic (exact) mass is 521 g/mol. The van der Waals surface area contributed by atoms with E-state index in [4.69, 9.17) is 5.14 Å². The van der Waals surface area contributed by atoms with Gasteiger partial charge in [-0.3, -0.25) is 0 Å². The van der Waals surface area contributed by atoms with Gasteiger partial charge in [-0.1, -0.05) is 18.2 Å². The molecule has 0 aliphatic carbocycles. The largest absolute Gasteiger partial charge is 0.368 e. The minimum atomic E-state index is -3.77. The van der Waals surface area contributed by atoms with Crippen LogP contribution in [0, 0.1) is 0 Å². The van der Waals surface area contributed by atoms with E-state index in [2.05, 4.69) is 30.5 Å². The molecule has 9 nitrogen and oxygen atoms in total. The van der Waals surface area contributed by atoms with Gasteiger partial charge in [-0.15, -0.1) is 0 Å². The van der Waals surface area contributed by atoms with Gasteiger partial charge < -0.3 is 15.5 Å². The molecule has 0 unspecified atom stereocenters. The molecule has 1 saturated heterocycles. The van der Waals surface area contributed by atoms with Crippen LogP contribution < -0.4 is 15.8 Å². The standard InChI is InChI=1S/C26H28FN7O2S/c27-15-19-14-20(17-30-25(19)29-10-13-34-11-1-2-12-34)23-5-3-4-18-16-31-26(33-24(18)23)32-21-6-8-22(9-7-21)37(28,35)36/h3-9,14,16-17H,1-2,10-13,15H2,(H,29,30)(H2,28,35,36)(H,31,32,33). The van der Waals surface area contributed by atoms with Crippen molar-refractivity contribution in [1.29, 1.82) is 0 Å². The number of rotatable bonds is 9. The first-order chi connectivity index (χ1) is 17.9. The summed E-state index contributed by atoms with van der Waals surface area (Å²) >= 11 is 0. The van der Waals surface area contributed by atoms with Gasteiger partial charge in [-0.2, -0.15) is 0 Å². The Balaban J connectivity index is 1.39. The van der Waals surface area contributed by atoms with Crippen LogP contribution >= 0.6 is 0 Å². The highest BCUT2D eigenvalue weighted by molar-refractivity contribution is 7.89. The predicted molar refractivity (Wildman–Crippen MR) is 143 cm³/mol. The molecule has 2 aromatic heterocycles. The van der Waals surface area contributed by atoms with Crippen molar-refractivity contribution >= 4 is 38.4 Å². The lowest BCUT2D eigenvalue weighted by Crippen LogP contribution is -2.26. The van der Waals surface area contributed by atoms with E-state index < -0.39 is 16.7 Å². The van der Waals surface area contributed by atoms with Crippen LogP contribution in [0.1, 0.15) is 18.4 Å². The average Bonchev–Trinajstić information content (AvgIpc) is 3.42. The number of fused-ring (bicyclic) bond motifs is 1. The highest BCUT2D eigenvalue weighted by atomic mass is 32.2. The maximum Gasteiger partial charge on any atom is 0.238 e. The molecule has 192 valence electrons. The number of primary sulfonamides is 1. The Morgan fingerprint density at radius 3 is 2.54 bits per heavy atom. The molecule has 4 aromatic rings. The number of nitrogens with zero attached hydrogens (tertiary/aromatic N) is 4. The number of hydrogen-bond acceptors (Lipinski definition) is 8. The average molecular weight is 522 g/mol. The number of aromatic nitrogens is 3. The molecule has 0 saturated carbocycles. The molecule has 0 spiro atoms. The van der Waals surface area contributed by atoms with E-state index >= 15 is 0 Å². The Kier molecular flexibility index (Phi) is 7.26. The summed E-state index contributed by atoms with van der Waals surface area (Å²) in [5.41, 5.74) is 3.35. The van der Waals surface area contributed by atoms with Gasteiger partial charge in [0.2, 0.25) is 16.0 Å². The van der Waals surface area contributed by atoms with Crippen molar-refractivity contribution in [2.24, 2.45) is 5.14 Å². The van der Waals surface area contributed by atoms with Crippen molar-refractivity contribution in [3.05, 3.63) is 66.5 Å². The summed E-state index contributed by atoms with van der Waals surface area (Å²) < 4.78 is 36.9. The Morgan fingerprint density at radius 1 is 1.03 bits per heavy atom. The second-order valence-electron chi connectivity index (χ2n) is 8.97. The third-order valence-corrected chi connectivity index (χ3v) is 7.32. The second-order valence-corrected chi connectivity index (χ2v) is 10.5. The lowest BCUT2D eigenvalue weighted by Gasteiger charge is -2.16. The normalized spacial score (nSPS) is 14.2. The van der Waals surface area contributed by atoms with Crippen LogP contribution in [0.25, 0.3) is 22.0 Å². The summed E-state index contributed by atoms with van der Waals surface area (Å²) in [6, 6.07) is 13.5. The SMILES string of the molecule is NS(=O)(=O)c1ccc(Nc2ncc3cccc(-c4cnc(NCCN5CCCC5)c(CF)c4)c3n2)cc1. The van der Waals surface area contributed by atoms with Crippen molar-refractivity contribution in [2.75, 3.05) is 36.8 Å². The molecule has 0 amide bonds. The number of hydrogen-bond donors (Lipinski definition) is 3. The van der Waals surface area contributed by atoms with Crippen molar-refractivity contribution in [2.45, 2.75) is 24.4 Å². The zero-order chi connectivity index (χ0) is 25.8. The van der Waals surface area contributed by atoms with E-state index in [1.807, 2.05) is 18.2 Å². The van der Waals surface area contributed by atoms with Crippen LogP contribution in [0.15, 0.2) is 65.8 Å². The molecule has 2 aromatic carbocycles. The molecule has 37 heavy (non-hydrogen) atoms. The minimum absolute atomic E-state index is 0.0184. The van der Waals surface area contributed by atoms with Crippen LogP contribution in [-0.2, 0) is 16.7 Å². The maximum atomic E-state index is 14.0. The first kappa shape index (κ1) is 25.0. The zero-order valence-electron chi connectivity index (χ0n) is 20.2. The molecule has 1 fully saturated rings. The third-order valence-electron chi connectivity index (χ3n) is 6.39. The van der Waals surface area contributed by atoms with Gasteiger partial charge in [0.1, 0.15) is 12.5 Å². The van der Waals surface area contributed by atoms with Crippen LogP contribution in [0.5, 0.6) is 0 Å². The smallest absolute Gasteiger partial charge is 0.238 e. The van der Waals surface area contributed by atoms with E-state index in [-0.39, 0.29) is 4.90 Å². The maximum absolute atomic E-state index is 14.0. The molecule has 0 bridgehead atoms. The molecule has 1 aliphatic heterocycles. The number of benzene rings is 2. The molecular weight excluding hydrogens is 493 g/mol. The molecule has 4 N–H and O–H groups in total. The van der Waals surface area contributed by atoms with E-state index in [0.717, 1.165) is 36.1 Å². The molecule has 3 heterocycles. The third kappa shape index (κ3) is 5.85. The molecule has 0 radical (unpaired) electrons. The number of anilines is 3. The fourth-order valence-corrected chi connectivity index (χ4v) is 4.98. The van der Waals surface area contributed by atoms with Crippen molar-refractivity contribution < 1.29 is 12.8 Å². The number of halogens is 1. The number of pyridine rings is 1. The van der Waals surface area contributed by atoms with Gasteiger partial charge in [-0.05, 0) is 56.3 Å². The molecular formula is C26H28FN7O2S. The summed E-state index contributed by atoms with van der Waals surface area (Å²) in [6.45, 7) is 3.23. The predicted octanol–water partition coefficient (Wildman–Crippen LogP) is 4.06. The highest BCUT2D eigenvalue weighted by Crippen LogP contribution is 2.30. The fourth-order valence-electron chi connectivity index (χ4n) is 4.46. The number of nitrogens with one attached hydrogen (secondary N) is 2. The van der Waals surface area contributed by atoms with Crippen LogP contribution in [0.2, 0.25) is 0 Å². The summed E-state index contributed by atoms with van der Waals surface area (Å²) in [7, 11) is -3.77. The number of likely N-dealkylation sites (tertiary alicyclic amines) is 1. The van der Waals surface area contributed by atoms with Crippen molar-refractivity contribution in [3.63, 3.8) is 0 Å². The van der Waals surface area contributed by atoms with Crippen molar-refractivity contribution in [3.8, 4) is 11.1 Å². The molecule has 0 atom stereocenters. The Bertz CT molecular complexity index is 1510. The van der Waals surface area contributed by atoms with Gasteiger partial charge in [-0.25, -0.2) is 32.9 Å². The van der Waals surface area contributed by atoms with Gasteiger partial charge in [0, 0.05) is 53.2 Å². The Hall–Kier alpha value is -3.67. The lowest BCUT2D eigenvalue weighted by atomic mass is 10.0. The Labute approximate surface area is 215 Å². The van der Waals surface area contributed by atoms with E-state index in [1.165, 1.54) is 25.0 Å². The summed E-state index contributed by atoms with van der Waals surface area (Å²) in [6.07, 6.45) is 5.90. The molecule has 11 heteroatoms. The van der Waals surface area contributed by atoms with Crippen LogP contribution in [0.3, 0.4) is 0 Å². The first-order valence-corrected chi connectivity index (χ1v) is 13.6. The molecule has 1 aliphatic rings. The fraction of sp³-hybridized carbons (Fsp3) is 0.269. The topological polar surface area (TPSA) is 126 Å². The van der Waals surface area contributed by atoms with Gasteiger partial charge in [0.15, 0.2) is 0 Å². The summed E-state index contributed by atoms with van der Waals surface area (Å²) in [4.78, 5) is 16.0. The Morgan fingerprint density at radius 2 is 1.81 bits per heavy atom. The van der Waals surface area contributed by atoms with Gasteiger partial charge >= 0.3 is 0 Å². The van der Waals surface area contributed by atoms with E-state index in [0.29, 0.717) is 35.1 Å². The highest BCUT2D eigenvalue weighted by Gasteiger charge is 2.14. The number of para-hydroxylation sites is 1. The van der Waals surface area contributed by atoms with E-state index in [9.17, 15) is 12.8 Å². The zero-order valence-corrected chi connectivity index (χ0v) is 21.0. The van der Waals surface area contributed by atoms with Crippen LogP contribution in [-0.4, -0.2) is 54.4 Å². The van der Waals surface area contributed by atoms with Crippen molar-refractivity contribution in [1.82, 2.24) is 19.9 Å². The lowest BCUT2D eigenvalue weighted by molar-refractivity contribution is 0.352.